The minimum atomic E-state index is -0.173. The molecule has 29 heavy (non-hydrogen) atoms. The topological polar surface area (TPSA) is 85.0 Å². The summed E-state index contributed by atoms with van der Waals surface area (Å²) in [6.07, 6.45) is 0.992. The predicted octanol–water partition coefficient (Wildman–Crippen LogP) is 0.892. The summed E-state index contributed by atoms with van der Waals surface area (Å²) in [5.41, 5.74) is 3.19. The Kier molecular flexibility index (Phi) is 5.27. The molecular formula is C21H27N5O3. The number of amides is 4. The largest absolute Gasteiger partial charge is 0.334 e. The van der Waals surface area contributed by atoms with Crippen LogP contribution in [0.15, 0.2) is 30.5 Å². The normalized spacial score (nSPS) is 22.5. The van der Waals surface area contributed by atoms with Gasteiger partial charge in [-0.2, -0.15) is 0 Å². The number of fused-ring (bicyclic) bond motifs is 1. The highest BCUT2D eigenvalue weighted by atomic mass is 16.2. The van der Waals surface area contributed by atoms with Crippen LogP contribution in [-0.2, 0) is 17.9 Å². The van der Waals surface area contributed by atoms with Crippen molar-refractivity contribution in [1.29, 1.82) is 0 Å². The molecule has 4 amide bonds. The molecule has 0 aliphatic carbocycles. The van der Waals surface area contributed by atoms with E-state index >= 15 is 0 Å². The maximum atomic E-state index is 12.8. The number of carbonyl (C=O) groups is 3. The van der Waals surface area contributed by atoms with E-state index in [0.717, 1.165) is 37.3 Å². The van der Waals surface area contributed by atoms with E-state index in [1.165, 1.54) is 0 Å². The molecule has 2 fully saturated rings. The van der Waals surface area contributed by atoms with E-state index in [4.69, 9.17) is 0 Å². The van der Waals surface area contributed by atoms with Gasteiger partial charge in [-0.1, -0.05) is 18.7 Å². The van der Waals surface area contributed by atoms with Crippen molar-refractivity contribution in [2.45, 2.75) is 32.0 Å². The number of urea groups is 1. The fraction of sp³-hybridized carbons (Fsp3) is 0.476. The maximum Gasteiger partial charge on any atom is 0.317 e. The highest BCUT2D eigenvalue weighted by molar-refractivity contribution is 5.99. The fourth-order valence-electron chi connectivity index (χ4n) is 4.17. The number of hydrogen-bond acceptors (Lipinski definition) is 4. The van der Waals surface area contributed by atoms with Gasteiger partial charge in [0.05, 0.1) is 6.04 Å². The third kappa shape index (κ3) is 3.98. The second-order valence-electron chi connectivity index (χ2n) is 8.00. The zero-order valence-electron chi connectivity index (χ0n) is 16.7. The summed E-state index contributed by atoms with van der Waals surface area (Å²) in [5, 5.41) is 5.73. The van der Waals surface area contributed by atoms with Crippen molar-refractivity contribution in [1.82, 2.24) is 25.3 Å². The molecule has 2 saturated heterocycles. The number of carbonyl (C=O) groups excluding carboxylic acids is 3. The lowest BCUT2D eigenvalue weighted by atomic mass is 10.0. The Balaban J connectivity index is 1.38. The first-order valence-corrected chi connectivity index (χ1v) is 10.0. The summed E-state index contributed by atoms with van der Waals surface area (Å²) in [4.78, 5) is 42.5. The van der Waals surface area contributed by atoms with Crippen molar-refractivity contribution >= 4 is 17.8 Å². The van der Waals surface area contributed by atoms with Gasteiger partial charge in [0.25, 0.3) is 5.91 Å². The smallest absolute Gasteiger partial charge is 0.317 e. The number of benzene rings is 1. The molecule has 1 aromatic rings. The van der Waals surface area contributed by atoms with Crippen molar-refractivity contribution in [3.8, 4) is 0 Å². The van der Waals surface area contributed by atoms with Gasteiger partial charge in [-0.25, -0.2) is 4.79 Å². The lowest BCUT2D eigenvalue weighted by molar-refractivity contribution is -0.121. The molecule has 1 atom stereocenters. The molecule has 0 radical (unpaired) electrons. The van der Waals surface area contributed by atoms with Crippen LogP contribution in [0.5, 0.6) is 0 Å². The molecule has 0 spiro atoms. The molecule has 0 bridgehead atoms. The van der Waals surface area contributed by atoms with E-state index in [0.29, 0.717) is 37.2 Å². The fourth-order valence-corrected chi connectivity index (χ4v) is 4.17. The standard InChI is InChI=1S/C21H27N5O3/c1-14-18(5-6-19(27)23-14)26-13-16-11-15(3-4-17(16)20(26)28)12-22-21(29)25-9-7-24(2)8-10-25/h3-4,11,18H,1,5-10,12-13H2,2H3,(H,22,29)(H,23,27). The minimum absolute atomic E-state index is 0.0321. The molecule has 1 unspecified atom stereocenters. The SMILES string of the molecule is C=C1NC(=O)CCC1N1Cc2cc(CNC(=O)N3CCN(C)CC3)ccc2C1=O. The number of nitrogens with one attached hydrogen (secondary N) is 2. The monoisotopic (exact) mass is 397 g/mol. The van der Waals surface area contributed by atoms with Gasteiger partial charge in [-0.15, -0.1) is 0 Å². The first-order chi connectivity index (χ1) is 13.9. The summed E-state index contributed by atoms with van der Waals surface area (Å²) in [5.74, 6) is -0.0795. The van der Waals surface area contributed by atoms with Crippen LogP contribution < -0.4 is 10.6 Å². The number of piperazine rings is 1. The number of hydrogen-bond donors (Lipinski definition) is 2. The Morgan fingerprint density at radius 3 is 2.72 bits per heavy atom. The quantitative estimate of drug-likeness (QED) is 0.793. The van der Waals surface area contributed by atoms with Gasteiger partial charge in [-0.3, -0.25) is 9.59 Å². The highest BCUT2D eigenvalue weighted by Crippen LogP contribution is 2.30. The molecule has 3 heterocycles. The van der Waals surface area contributed by atoms with Crippen molar-refractivity contribution < 1.29 is 14.4 Å². The van der Waals surface area contributed by atoms with Crippen LogP contribution in [0.25, 0.3) is 0 Å². The molecule has 154 valence electrons. The molecule has 3 aliphatic rings. The van der Waals surface area contributed by atoms with E-state index < -0.39 is 0 Å². The van der Waals surface area contributed by atoms with Gasteiger partial charge >= 0.3 is 6.03 Å². The molecule has 1 aromatic carbocycles. The van der Waals surface area contributed by atoms with Gasteiger partial charge < -0.3 is 25.3 Å². The summed E-state index contributed by atoms with van der Waals surface area (Å²) in [7, 11) is 2.06. The molecule has 0 aromatic heterocycles. The van der Waals surface area contributed by atoms with Crippen molar-refractivity contribution in [2.75, 3.05) is 33.2 Å². The van der Waals surface area contributed by atoms with E-state index in [2.05, 4.69) is 29.2 Å². The molecule has 0 saturated carbocycles. The minimum Gasteiger partial charge on any atom is -0.334 e. The molecule has 4 rings (SSSR count). The van der Waals surface area contributed by atoms with Crippen molar-refractivity contribution in [3.63, 3.8) is 0 Å². The van der Waals surface area contributed by atoms with Gasteiger partial charge in [0, 0.05) is 56.9 Å². The van der Waals surface area contributed by atoms with Gasteiger partial charge in [0.15, 0.2) is 0 Å². The number of piperidine rings is 1. The Bertz CT molecular complexity index is 860. The zero-order chi connectivity index (χ0) is 20.5. The van der Waals surface area contributed by atoms with Crippen LogP contribution in [-0.4, -0.2) is 71.8 Å². The van der Waals surface area contributed by atoms with E-state index in [1.54, 1.807) is 4.90 Å². The summed E-state index contributed by atoms with van der Waals surface area (Å²) in [6.45, 7) is 8.09. The summed E-state index contributed by atoms with van der Waals surface area (Å²) >= 11 is 0. The Hall–Kier alpha value is -2.87. The number of rotatable bonds is 3. The summed E-state index contributed by atoms with van der Waals surface area (Å²) in [6, 6.07) is 5.49. The third-order valence-corrected chi connectivity index (χ3v) is 5.96. The second kappa shape index (κ2) is 7.87. The molecular weight excluding hydrogens is 370 g/mol. The summed E-state index contributed by atoms with van der Waals surface area (Å²) < 4.78 is 0. The molecule has 2 N–H and O–H groups in total. The lowest BCUT2D eigenvalue weighted by Gasteiger charge is -2.32. The van der Waals surface area contributed by atoms with Crippen LogP contribution in [0.2, 0.25) is 0 Å². The van der Waals surface area contributed by atoms with Crippen molar-refractivity contribution in [3.05, 3.63) is 47.2 Å². The molecule has 8 heteroatoms. The van der Waals surface area contributed by atoms with Crippen molar-refractivity contribution in [2.24, 2.45) is 0 Å². The van der Waals surface area contributed by atoms with E-state index in [1.807, 2.05) is 23.1 Å². The maximum absolute atomic E-state index is 12.8. The third-order valence-electron chi connectivity index (χ3n) is 5.96. The zero-order valence-corrected chi connectivity index (χ0v) is 16.7. The lowest BCUT2D eigenvalue weighted by Crippen LogP contribution is -2.50. The Morgan fingerprint density at radius 1 is 1.24 bits per heavy atom. The van der Waals surface area contributed by atoms with Crippen LogP contribution in [0.4, 0.5) is 4.79 Å². The van der Waals surface area contributed by atoms with Crippen LogP contribution in [0.1, 0.15) is 34.3 Å². The van der Waals surface area contributed by atoms with Crippen LogP contribution in [0, 0.1) is 0 Å². The number of nitrogens with zero attached hydrogens (tertiary/aromatic N) is 3. The first-order valence-electron chi connectivity index (χ1n) is 10.0. The average molecular weight is 397 g/mol. The van der Waals surface area contributed by atoms with Crippen LogP contribution >= 0.6 is 0 Å². The Labute approximate surface area is 170 Å². The highest BCUT2D eigenvalue weighted by Gasteiger charge is 2.36. The average Bonchev–Trinajstić information content (AvgIpc) is 3.02. The van der Waals surface area contributed by atoms with Gasteiger partial charge in [0.2, 0.25) is 5.91 Å². The first kappa shape index (κ1) is 19.4. The second-order valence-corrected chi connectivity index (χ2v) is 8.00. The predicted molar refractivity (Wildman–Crippen MR) is 108 cm³/mol. The van der Waals surface area contributed by atoms with Gasteiger partial charge in [-0.05, 0) is 30.7 Å². The Morgan fingerprint density at radius 2 is 2.00 bits per heavy atom. The van der Waals surface area contributed by atoms with E-state index in [9.17, 15) is 14.4 Å². The molecule has 3 aliphatic heterocycles. The molecule has 8 nitrogen and oxygen atoms in total. The van der Waals surface area contributed by atoms with Gasteiger partial charge in [0.1, 0.15) is 0 Å². The number of likely N-dealkylation sites (N-methyl/N-ethyl adjacent to an activating group) is 1. The van der Waals surface area contributed by atoms with Crippen LogP contribution in [0.3, 0.4) is 0 Å². The van der Waals surface area contributed by atoms with E-state index in [-0.39, 0.29) is 23.9 Å².